The third kappa shape index (κ3) is 2.62. The fourth-order valence-corrected chi connectivity index (χ4v) is 2.63. The van der Waals surface area contributed by atoms with Crippen molar-refractivity contribution in [1.29, 1.82) is 0 Å². The fourth-order valence-electron chi connectivity index (χ4n) is 2.63. The van der Waals surface area contributed by atoms with Crippen LogP contribution in [0.25, 0.3) is 10.8 Å². The molecular formula is C18H17N3O3. The molecule has 0 aliphatic heterocycles. The van der Waals surface area contributed by atoms with E-state index in [1.165, 1.54) is 7.05 Å². The summed E-state index contributed by atoms with van der Waals surface area (Å²) >= 11 is 0. The van der Waals surface area contributed by atoms with Crippen LogP contribution in [0, 0.1) is 0 Å². The summed E-state index contributed by atoms with van der Waals surface area (Å²) in [7, 11) is 1.39. The second-order valence-electron chi connectivity index (χ2n) is 5.43. The molecule has 0 aliphatic carbocycles. The van der Waals surface area contributed by atoms with Crippen LogP contribution in [0.2, 0.25) is 0 Å². The van der Waals surface area contributed by atoms with E-state index in [-0.39, 0.29) is 11.4 Å². The molecule has 0 bridgehead atoms. The molecule has 6 nitrogen and oxygen atoms in total. The largest absolute Gasteiger partial charge is 0.494 e. The minimum absolute atomic E-state index is 0.0209. The SMILES string of the molecule is CCC(=Nc1cccc2ccccc12)c1c(O)n(C)c(=O)[nH]c1=O. The van der Waals surface area contributed by atoms with Crippen LogP contribution in [0.1, 0.15) is 18.9 Å². The molecule has 0 amide bonds. The number of aromatic hydroxyl groups is 1. The van der Waals surface area contributed by atoms with E-state index in [0.717, 1.165) is 15.3 Å². The quantitative estimate of drug-likeness (QED) is 0.726. The summed E-state index contributed by atoms with van der Waals surface area (Å²) in [4.78, 5) is 30.5. The number of fused-ring (bicyclic) bond motifs is 1. The van der Waals surface area contributed by atoms with E-state index in [9.17, 15) is 14.7 Å². The second-order valence-corrected chi connectivity index (χ2v) is 5.43. The monoisotopic (exact) mass is 323 g/mol. The highest BCUT2D eigenvalue weighted by Gasteiger charge is 2.17. The van der Waals surface area contributed by atoms with Crippen LogP contribution in [0.15, 0.2) is 57.0 Å². The summed E-state index contributed by atoms with van der Waals surface area (Å²) in [6.07, 6.45) is 0.429. The lowest BCUT2D eigenvalue weighted by Gasteiger charge is -2.09. The van der Waals surface area contributed by atoms with Gasteiger partial charge in [-0.15, -0.1) is 0 Å². The first-order valence-corrected chi connectivity index (χ1v) is 7.61. The first kappa shape index (κ1) is 15.7. The maximum atomic E-state index is 12.2. The third-order valence-electron chi connectivity index (χ3n) is 3.94. The highest BCUT2D eigenvalue weighted by atomic mass is 16.3. The van der Waals surface area contributed by atoms with Gasteiger partial charge in [0.25, 0.3) is 5.56 Å². The lowest BCUT2D eigenvalue weighted by molar-refractivity contribution is 0.416. The van der Waals surface area contributed by atoms with Crippen molar-refractivity contribution in [2.75, 3.05) is 0 Å². The van der Waals surface area contributed by atoms with Crippen LogP contribution >= 0.6 is 0 Å². The number of H-pyrrole nitrogens is 1. The number of aromatic amines is 1. The van der Waals surface area contributed by atoms with Gasteiger partial charge < -0.3 is 5.11 Å². The Morgan fingerprint density at radius 2 is 1.88 bits per heavy atom. The summed E-state index contributed by atoms with van der Waals surface area (Å²) in [6.45, 7) is 1.84. The fraction of sp³-hybridized carbons (Fsp3) is 0.167. The first-order valence-electron chi connectivity index (χ1n) is 7.61. The van der Waals surface area contributed by atoms with E-state index < -0.39 is 11.2 Å². The van der Waals surface area contributed by atoms with Gasteiger partial charge in [-0.3, -0.25) is 19.3 Å². The highest BCUT2D eigenvalue weighted by molar-refractivity contribution is 6.05. The molecule has 2 N–H and O–H groups in total. The van der Waals surface area contributed by atoms with Gasteiger partial charge in [0.1, 0.15) is 5.56 Å². The van der Waals surface area contributed by atoms with Gasteiger partial charge in [0.15, 0.2) is 0 Å². The molecule has 0 saturated carbocycles. The molecule has 6 heteroatoms. The molecule has 2 aromatic carbocycles. The van der Waals surface area contributed by atoms with Gasteiger partial charge in [0.05, 0.1) is 11.4 Å². The molecule has 0 radical (unpaired) electrons. The normalized spacial score (nSPS) is 11.8. The Morgan fingerprint density at radius 3 is 2.62 bits per heavy atom. The molecule has 1 heterocycles. The molecule has 3 aromatic rings. The standard InChI is InChI=1S/C18H17N3O3/c1-3-13(15-16(22)20-18(24)21(2)17(15)23)19-14-10-6-8-11-7-4-5-9-12(11)14/h4-10,23H,3H2,1-2H3,(H,20,22,24). The Labute approximate surface area is 137 Å². The van der Waals surface area contributed by atoms with Gasteiger partial charge in [-0.05, 0) is 17.9 Å². The zero-order chi connectivity index (χ0) is 17.3. The molecule has 3 rings (SSSR count). The first-order chi connectivity index (χ1) is 11.5. The molecule has 1 aromatic heterocycles. The van der Waals surface area contributed by atoms with E-state index in [2.05, 4.69) is 9.98 Å². The van der Waals surface area contributed by atoms with Gasteiger partial charge in [-0.2, -0.15) is 0 Å². The molecule has 0 atom stereocenters. The lowest BCUT2D eigenvalue weighted by atomic mass is 10.1. The molecule has 122 valence electrons. The van der Waals surface area contributed by atoms with Crippen molar-refractivity contribution < 1.29 is 5.11 Å². The lowest BCUT2D eigenvalue weighted by Crippen LogP contribution is -2.32. The Morgan fingerprint density at radius 1 is 1.17 bits per heavy atom. The predicted octanol–water partition coefficient (Wildman–Crippen LogP) is 2.46. The third-order valence-corrected chi connectivity index (χ3v) is 3.94. The summed E-state index contributed by atoms with van der Waals surface area (Å²) in [5.74, 6) is -0.385. The number of nitrogens with zero attached hydrogens (tertiary/aromatic N) is 2. The van der Waals surface area contributed by atoms with Gasteiger partial charge in [0.2, 0.25) is 5.88 Å². The van der Waals surface area contributed by atoms with Crippen molar-refractivity contribution >= 4 is 22.2 Å². The van der Waals surface area contributed by atoms with E-state index in [1.54, 1.807) is 0 Å². The summed E-state index contributed by atoms with van der Waals surface area (Å²) in [5, 5.41) is 12.2. The summed E-state index contributed by atoms with van der Waals surface area (Å²) in [5.41, 5.74) is -0.163. The van der Waals surface area contributed by atoms with Crippen molar-refractivity contribution in [3.05, 3.63) is 68.9 Å². The Bertz CT molecular complexity index is 1060. The van der Waals surface area contributed by atoms with Crippen LogP contribution in [0.3, 0.4) is 0 Å². The van der Waals surface area contributed by atoms with Crippen molar-refractivity contribution in [3.8, 4) is 5.88 Å². The average Bonchev–Trinajstić information content (AvgIpc) is 2.59. The maximum absolute atomic E-state index is 12.2. The average molecular weight is 323 g/mol. The van der Waals surface area contributed by atoms with Gasteiger partial charge in [-0.1, -0.05) is 43.3 Å². The van der Waals surface area contributed by atoms with Crippen LogP contribution in [-0.2, 0) is 7.05 Å². The van der Waals surface area contributed by atoms with E-state index in [4.69, 9.17) is 0 Å². The van der Waals surface area contributed by atoms with Crippen molar-refractivity contribution in [2.45, 2.75) is 13.3 Å². The molecular weight excluding hydrogens is 306 g/mol. The Hall–Kier alpha value is -3.15. The molecule has 0 fully saturated rings. The minimum Gasteiger partial charge on any atom is -0.494 e. The van der Waals surface area contributed by atoms with Gasteiger partial charge in [-0.25, -0.2) is 4.79 Å². The summed E-state index contributed by atoms with van der Waals surface area (Å²) in [6, 6.07) is 13.5. The van der Waals surface area contributed by atoms with Crippen LogP contribution < -0.4 is 11.2 Å². The van der Waals surface area contributed by atoms with E-state index in [1.807, 2.05) is 49.4 Å². The number of rotatable bonds is 3. The van der Waals surface area contributed by atoms with Crippen LogP contribution in [0.5, 0.6) is 5.88 Å². The maximum Gasteiger partial charge on any atom is 0.330 e. The van der Waals surface area contributed by atoms with Crippen LogP contribution in [-0.4, -0.2) is 20.4 Å². The number of benzene rings is 2. The zero-order valence-electron chi connectivity index (χ0n) is 13.4. The molecule has 0 saturated heterocycles. The number of aromatic nitrogens is 2. The van der Waals surface area contributed by atoms with Crippen molar-refractivity contribution in [2.24, 2.45) is 12.0 Å². The number of hydrogen-bond acceptors (Lipinski definition) is 4. The molecule has 24 heavy (non-hydrogen) atoms. The second kappa shape index (κ2) is 6.16. The minimum atomic E-state index is -0.665. The molecule has 0 aliphatic rings. The Balaban J connectivity index is 2.27. The smallest absolute Gasteiger partial charge is 0.330 e. The predicted molar refractivity (Wildman–Crippen MR) is 94.4 cm³/mol. The molecule has 0 spiro atoms. The Kier molecular flexibility index (Phi) is 4.04. The van der Waals surface area contributed by atoms with Crippen molar-refractivity contribution in [1.82, 2.24) is 9.55 Å². The number of aliphatic imine (C=N–C) groups is 1. The zero-order valence-corrected chi connectivity index (χ0v) is 13.4. The van der Waals surface area contributed by atoms with Crippen molar-refractivity contribution in [3.63, 3.8) is 0 Å². The highest BCUT2D eigenvalue weighted by Crippen LogP contribution is 2.27. The van der Waals surface area contributed by atoms with Gasteiger partial charge >= 0.3 is 5.69 Å². The van der Waals surface area contributed by atoms with Gasteiger partial charge in [0, 0.05) is 12.4 Å². The summed E-state index contributed by atoms with van der Waals surface area (Å²) < 4.78 is 0.991. The number of hydrogen-bond donors (Lipinski definition) is 2. The molecule has 0 unspecified atom stereocenters. The topological polar surface area (TPSA) is 87.4 Å². The van der Waals surface area contributed by atoms with E-state index in [0.29, 0.717) is 17.8 Å². The van der Waals surface area contributed by atoms with E-state index >= 15 is 0 Å². The van der Waals surface area contributed by atoms with Crippen LogP contribution in [0.4, 0.5) is 5.69 Å². The number of nitrogens with one attached hydrogen (secondary N) is 1.